The molecule has 0 bridgehead atoms. The Labute approximate surface area is 127 Å². The lowest BCUT2D eigenvalue weighted by Crippen LogP contribution is -2.38. The van der Waals surface area contributed by atoms with Crippen LogP contribution in [-0.4, -0.2) is 29.1 Å². The second kappa shape index (κ2) is 6.18. The maximum Gasteiger partial charge on any atom is 0.307 e. The Balaban J connectivity index is 1.61. The molecular weight excluding hydrogens is 262 g/mol. The Morgan fingerprint density at radius 2 is 1.67 bits per heavy atom. The van der Waals surface area contributed by atoms with E-state index in [4.69, 9.17) is 5.11 Å². The van der Waals surface area contributed by atoms with Crippen LogP contribution in [0.1, 0.15) is 49.7 Å². The molecule has 114 valence electrons. The number of benzene rings is 1. The van der Waals surface area contributed by atoms with E-state index in [1.54, 1.807) is 0 Å². The molecule has 2 aliphatic rings. The van der Waals surface area contributed by atoms with Crippen molar-refractivity contribution in [3.05, 3.63) is 35.4 Å². The van der Waals surface area contributed by atoms with Gasteiger partial charge in [-0.25, -0.2) is 0 Å². The smallest absolute Gasteiger partial charge is 0.307 e. The molecule has 0 amide bonds. The predicted octanol–water partition coefficient (Wildman–Crippen LogP) is 3.47. The average molecular weight is 287 g/mol. The molecule has 1 spiro atoms. The molecular formula is C18H25NO2. The third kappa shape index (κ3) is 3.46. The van der Waals surface area contributed by atoms with Crippen molar-refractivity contribution >= 4 is 5.97 Å². The van der Waals surface area contributed by atoms with Crippen LogP contribution < -0.4 is 0 Å². The highest BCUT2D eigenvalue weighted by molar-refractivity contribution is 5.70. The highest BCUT2D eigenvalue weighted by Gasteiger charge is 2.36. The average Bonchev–Trinajstić information content (AvgIpc) is 2.92. The summed E-state index contributed by atoms with van der Waals surface area (Å²) in [5, 5.41) is 9.02. The Bertz CT molecular complexity index is 496. The Kier molecular flexibility index (Phi) is 4.29. The number of carboxylic acids is 1. The zero-order valence-electron chi connectivity index (χ0n) is 12.7. The van der Waals surface area contributed by atoms with Gasteiger partial charge in [-0.15, -0.1) is 0 Å². The second-order valence-corrected chi connectivity index (χ2v) is 6.82. The Morgan fingerprint density at radius 3 is 2.29 bits per heavy atom. The molecule has 1 aromatic carbocycles. The van der Waals surface area contributed by atoms with Crippen molar-refractivity contribution in [3.8, 4) is 0 Å². The molecule has 1 N–H and O–H groups in total. The zero-order chi connectivity index (χ0) is 14.7. The molecule has 1 saturated heterocycles. The lowest BCUT2D eigenvalue weighted by molar-refractivity contribution is -0.136. The van der Waals surface area contributed by atoms with Gasteiger partial charge < -0.3 is 5.11 Å². The number of carboxylic acid groups (broad SMARTS) is 1. The molecule has 0 atom stereocenters. The van der Waals surface area contributed by atoms with Crippen molar-refractivity contribution < 1.29 is 9.90 Å². The van der Waals surface area contributed by atoms with Crippen molar-refractivity contribution in [1.82, 2.24) is 4.90 Å². The number of likely N-dealkylation sites (tertiary alicyclic amines) is 1. The fourth-order valence-corrected chi connectivity index (χ4v) is 4.10. The molecule has 1 aromatic rings. The van der Waals surface area contributed by atoms with Gasteiger partial charge in [-0.1, -0.05) is 37.1 Å². The van der Waals surface area contributed by atoms with Gasteiger partial charge in [0.25, 0.3) is 0 Å². The van der Waals surface area contributed by atoms with Crippen LogP contribution in [0.4, 0.5) is 0 Å². The summed E-state index contributed by atoms with van der Waals surface area (Å²) in [6.45, 7) is 3.24. The lowest BCUT2D eigenvalue weighted by Gasteiger charge is -2.39. The fourth-order valence-electron chi connectivity index (χ4n) is 4.10. The first-order chi connectivity index (χ1) is 10.2. The standard InChI is InChI=1S/C18H25NO2/c20-17(21)13-15-5-1-2-6-16(15)14-19-11-9-18(10-12-19)7-3-4-8-18/h1-2,5-6H,3-4,7-14H2,(H,20,21). The van der Waals surface area contributed by atoms with Crippen LogP contribution >= 0.6 is 0 Å². The number of rotatable bonds is 4. The van der Waals surface area contributed by atoms with Crippen molar-refractivity contribution in [3.63, 3.8) is 0 Å². The molecule has 1 saturated carbocycles. The number of hydrogen-bond acceptors (Lipinski definition) is 2. The van der Waals surface area contributed by atoms with E-state index in [1.807, 2.05) is 18.2 Å². The van der Waals surface area contributed by atoms with Gasteiger partial charge in [-0.3, -0.25) is 9.69 Å². The summed E-state index contributed by atoms with van der Waals surface area (Å²) in [6.07, 6.45) is 8.48. The van der Waals surface area contributed by atoms with Crippen molar-refractivity contribution in [1.29, 1.82) is 0 Å². The molecule has 0 radical (unpaired) electrons. The highest BCUT2D eigenvalue weighted by Crippen LogP contribution is 2.46. The van der Waals surface area contributed by atoms with E-state index in [9.17, 15) is 4.79 Å². The van der Waals surface area contributed by atoms with Gasteiger partial charge in [-0.05, 0) is 55.3 Å². The van der Waals surface area contributed by atoms with Gasteiger partial charge in [0.2, 0.25) is 0 Å². The number of piperidine rings is 1. The number of aliphatic carboxylic acids is 1. The third-order valence-corrected chi connectivity index (χ3v) is 5.43. The van der Waals surface area contributed by atoms with E-state index < -0.39 is 5.97 Å². The van der Waals surface area contributed by atoms with Gasteiger partial charge in [0.15, 0.2) is 0 Å². The van der Waals surface area contributed by atoms with Gasteiger partial charge in [0, 0.05) is 6.54 Å². The number of hydrogen-bond donors (Lipinski definition) is 1. The first kappa shape index (κ1) is 14.6. The van der Waals surface area contributed by atoms with Crippen LogP contribution in [0.5, 0.6) is 0 Å². The fraction of sp³-hybridized carbons (Fsp3) is 0.611. The predicted molar refractivity (Wildman–Crippen MR) is 83.2 cm³/mol. The van der Waals surface area contributed by atoms with Crippen LogP contribution in [0.15, 0.2) is 24.3 Å². The van der Waals surface area contributed by atoms with Gasteiger partial charge in [0.05, 0.1) is 6.42 Å². The van der Waals surface area contributed by atoms with Gasteiger partial charge in [-0.2, -0.15) is 0 Å². The topological polar surface area (TPSA) is 40.5 Å². The van der Waals surface area contributed by atoms with Gasteiger partial charge in [0.1, 0.15) is 0 Å². The molecule has 1 heterocycles. The molecule has 0 aromatic heterocycles. The summed E-state index contributed by atoms with van der Waals surface area (Å²) in [6, 6.07) is 7.98. The second-order valence-electron chi connectivity index (χ2n) is 6.82. The molecule has 2 fully saturated rings. The van der Waals surface area contributed by atoms with Gasteiger partial charge >= 0.3 is 5.97 Å². The van der Waals surface area contributed by atoms with Crippen molar-refractivity contribution in [2.75, 3.05) is 13.1 Å². The summed E-state index contributed by atoms with van der Waals surface area (Å²) >= 11 is 0. The van der Waals surface area contributed by atoms with Crippen LogP contribution in [0, 0.1) is 5.41 Å². The first-order valence-electron chi connectivity index (χ1n) is 8.18. The largest absolute Gasteiger partial charge is 0.481 e. The SMILES string of the molecule is O=C(O)Cc1ccccc1CN1CCC2(CCCC2)CC1. The molecule has 3 nitrogen and oxygen atoms in total. The van der Waals surface area contributed by atoms with Crippen LogP contribution in [0.3, 0.4) is 0 Å². The molecule has 0 unspecified atom stereocenters. The van der Waals surface area contributed by atoms with Crippen LogP contribution in [0.2, 0.25) is 0 Å². The third-order valence-electron chi connectivity index (χ3n) is 5.43. The maximum atomic E-state index is 11.0. The molecule has 1 aliphatic carbocycles. The van der Waals surface area contributed by atoms with Crippen molar-refractivity contribution in [2.45, 2.75) is 51.5 Å². The minimum atomic E-state index is -0.744. The molecule has 3 heteroatoms. The molecule has 1 aliphatic heterocycles. The van der Waals surface area contributed by atoms with Crippen molar-refractivity contribution in [2.24, 2.45) is 5.41 Å². The van der Waals surface area contributed by atoms with E-state index in [0.29, 0.717) is 5.41 Å². The van der Waals surface area contributed by atoms with E-state index in [1.165, 1.54) is 57.2 Å². The minimum Gasteiger partial charge on any atom is -0.481 e. The number of nitrogens with zero attached hydrogens (tertiary/aromatic N) is 1. The first-order valence-corrected chi connectivity index (χ1v) is 8.18. The summed E-state index contributed by atoms with van der Waals surface area (Å²) in [4.78, 5) is 13.5. The summed E-state index contributed by atoms with van der Waals surface area (Å²) in [7, 11) is 0. The van der Waals surface area contributed by atoms with E-state index in [0.717, 1.165) is 12.1 Å². The van der Waals surface area contributed by atoms with E-state index in [-0.39, 0.29) is 6.42 Å². The van der Waals surface area contributed by atoms with E-state index in [2.05, 4.69) is 11.0 Å². The maximum absolute atomic E-state index is 11.0. The number of carbonyl (C=O) groups is 1. The summed E-state index contributed by atoms with van der Waals surface area (Å²) in [5.74, 6) is -0.744. The molecule has 21 heavy (non-hydrogen) atoms. The quantitative estimate of drug-likeness (QED) is 0.922. The Hall–Kier alpha value is -1.35. The van der Waals surface area contributed by atoms with E-state index >= 15 is 0 Å². The normalized spacial score (nSPS) is 21.7. The lowest BCUT2D eigenvalue weighted by atomic mass is 9.77. The highest BCUT2D eigenvalue weighted by atomic mass is 16.4. The van der Waals surface area contributed by atoms with Crippen LogP contribution in [-0.2, 0) is 17.8 Å². The zero-order valence-corrected chi connectivity index (χ0v) is 12.7. The Morgan fingerprint density at radius 1 is 1.05 bits per heavy atom. The van der Waals surface area contributed by atoms with Crippen LogP contribution in [0.25, 0.3) is 0 Å². The minimum absolute atomic E-state index is 0.133. The monoisotopic (exact) mass is 287 g/mol. The summed E-state index contributed by atoms with van der Waals surface area (Å²) < 4.78 is 0. The molecule has 3 rings (SSSR count). The summed E-state index contributed by atoms with van der Waals surface area (Å²) in [5.41, 5.74) is 2.80.